The van der Waals surface area contributed by atoms with Crippen LogP contribution in [0.15, 0.2) is 34.9 Å². The summed E-state index contributed by atoms with van der Waals surface area (Å²) in [5.74, 6) is 1.23. The Balaban J connectivity index is 1.59. The molecule has 0 spiro atoms. The van der Waals surface area contributed by atoms with Gasteiger partial charge in [0.1, 0.15) is 5.76 Å². The average Bonchev–Trinajstić information content (AvgIpc) is 3.16. The summed E-state index contributed by atoms with van der Waals surface area (Å²) in [5.41, 5.74) is 3.22. The van der Waals surface area contributed by atoms with Gasteiger partial charge in [-0.05, 0) is 50.0 Å². The molecule has 0 saturated carbocycles. The number of fused-ring (bicyclic) bond motifs is 1. The van der Waals surface area contributed by atoms with Crippen molar-refractivity contribution < 1.29 is 19.2 Å². The van der Waals surface area contributed by atoms with Crippen molar-refractivity contribution in [1.82, 2.24) is 5.16 Å². The Hall–Kier alpha value is -2.14. The van der Waals surface area contributed by atoms with E-state index in [1.54, 1.807) is 0 Å². The van der Waals surface area contributed by atoms with Crippen LogP contribution in [0.25, 0.3) is 0 Å². The maximum atomic E-state index is 11.5. The van der Waals surface area contributed by atoms with Crippen molar-refractivity contribution in [3.05, 3.63) is 52.9 Å². The molecule has 5 heteroatoms. The Bertz CT molecular complexity index is 784. The molecule has 0 aliphatic heterocycles. The second kappa shape index (κ2) is 11.3. The van der Waals surface area contributed by atoms with Gasteiger partial charge in [-0.25, -0.2) is 0 Å². The predicted molar refractivity (Wildman–Crippen MR) is 117 cm³/mol. The van der Waals surface area contributed by atoms with Gasteiger partial charge in [0.05, 0.1) is 18.7 Å². The van der Waals surface area contributed by atoms with Gasteiger partial charge in [-0.3, -0.25) is 4.79 Å². The highest BCUT2D eigenvalue weighted by atomic mass is 16.5. The fraction of sp³-hybridized carbons (Fsp3) is 0.600. The highest BCUT2D eigenvalue weighted by Gasteiger charge is 2.31. The van der Waals surface area contributed by atoms with E-state index < -0.39 is 5.97 Å². The van der Waals surface area contributed by atoms with Gasteiger partial charge < -0.3 is 14.4 Å². The van der Waals surface area contributed by atoms with Crippen molar-refractivity contribution in [3.8, 4) is 0 Å². The lowest BCUT2D eigenvalue weighted by Crippen LogP contribution is -2.13. The normalized spacial score (nSPS) is 17.1. The third-order valence-electron chi connectivity index (χ3n) is 6.05. The zero-order chi connectivity index (χ0) is 21.3. The van der Waals surface area contributed by atoms with E-state index in [9.17, 15) is 9.90 Å². The van der Waals surface area contributed by atoms with Crippen LogP contribution in [0.4, 0.5) is 0 Å². The highest BCUT2D eigenvalue weighted by molar-refractivity contribution is 5.68. The predicted octanol–water partition coefficient (Wildman–Crippen LogP) is 6.09. The molecule has 0 radical (unpaired) electrons. The Morgan fingerprint density at radius 2 is 2.07 bits per heavy atom. The maximum Gasteiger partial charge on any atom is 0.304 e. The SMILES string of the molecule is CC(C)CCC1CCCc2c([C@@H](CCCOCc3ccccc3)CC(=O)O)noc21. The smallest absolute Gasteiger partial charge is 0.304 e. The highest BCUT2D eigenvalue weighted by Crippen LogP contribution is 2.40. The Morgan fingerprint density at radius 1 is 1.27 bits per heavy atom. The second-order valence-corrected chi connectivity index (χ2v) is 8.95. The number of aromatic nitrogens is 1. The number of carboxylic acid groups (broad SMARTS) is 1. The standard InChI is InChI=1S/C25H35NO4/c1-18(2)13-14-20-10-6-12-22-24(26-30-25(20)22)21(16-23(27)28)11-7-15-29-17-19-8-4-3-5-9-19/h3-5,8-9,18,20-21H,6-7,10-17H2,1-2H3,(H,27,28)/t20?,21-/m0/s1. The van der Waals surface area contributed by atoms with Crippen LogP contribution in [0.3, 0.4) is 0 Å². The minimum atomic E-state index is -0.783. The van der Waals surface area contributed by atoms with Crippen molar-refractivity contribution in [2.75, 3.05) is 6.61 Å². The number of carbonyl (C=O) groups is 1. The van der Waals surface area contributed by atoms with Gasteiger partial charge >= 0.3 is 5.97 Å². The first-order chi connectivity index (χ1) is 14.5. The van der Waals surface area contributed by atoms with Gasteiger partial charge in [0.25, 0.3) is 0 Å². The van der Waals surface area contributed by atoms with Crippen molar-refractivity contribution in [2.24, 2.45) is 5.92 Å². The van der Waals surface area contributed by atoms with E-state index in [2.05, 4.69) is 19.0 Å². The molecule has 164 valence electrons. The van der Waals surface area contributed by atoms with Crippen LogP contribution in [-0.2, 0) is 22.6 Å². The first kappa shape index (κ1) is 22.5. The summed E-state index contributed by atoms with van der Waals surface area (Å²) in [5, 5.41) is 13.8. The van der Waals surface area contributed by atoms with Crippen LogP contribution >= 0.6 is 0 Å². The number of ether oxygens (including phenoxy) is 1. The molecule has 30 heavy (non-hydrogen) atoms. The van der Waals surface area contributed by atoms with Crippen molar-refractivity contribution in [2.45, 2.75) is 83.7 Å². The van der Waals surface area contributed by atoms with E-state index in [0.717, 1.165) is 55.5 Å². The molecule has 3 rings (SSSR count). The number of carboxylic acids is 1. The van der Waals surface area contributed by atoms with Gasteiger partial charge in [0.15, 0.2) is 0 Å². The molecule has 1 aromatic heterocycles. The Kier molecular flexibility index (Phi) is 8.50. The molecule has 0 saturated heterocycles. The van der Waals surface area contributed by atoms with Crippen molar-refractivity contribution in [1.29, 1.82) is 0 Å². The quantitative estimate of drug-likeness (QED) is 0.427. The van der Waals surface area contributed by atoms with Gasteiger partial charge in [-0.15, -0.1) is 0 Å². The van der Waals surface area contributed by atoms with Crippen molar-refractivity contribution >= 4 is 5.97 Å². The Labute approximate surface area is 179 Å². The molecule has 1 unspecified atom stereocenters. The third kappa shape index (κ3) is 6.43. The van der Waals surface area contributed by atoms with Crippen LogP contribution in [0.2, 0.25) is 0 Å². The fourth-order valence-corrected chi connectivity index (χ4v) is 4.44. The monoisotopic (exact) mass is 413 g/mol. The lowest BCUT2D eigenvalue weighted by molar-refractivity contribution is -0.137. The molecule has 0 bridgehead atoms. The van der Waals surface area contributed by atoms with E-state index in [1.165, 1.54) is 12.0 Å². The lowest BCUT2D eigenvalue weighted by Gasteiger charge is -2.22. The summed E-state index contributed by atoms with van der Waals surface area (Å²) in [4.78, 5) is 11.5. The molecule has 0 amide bonds. The average molecular weight is 414 g/mol. The summed E-state index contributed by atoms with van der Waals surface area (Å²) in [7, 11) is 0. The zero-order valence-corrected chi connectivity index (χ0v) is 18.3. The molecule has 2 aromatic rings. The van der Waals surface area contributed by atoms with Crippen LogP contribution in [0.1, 0.15) is 93.2 Å². The fourth-order valence-electron chi connectivity index (χ4n) is 4.44. The molecule has 1 N–H and O–H groups in total. The third-order valence-corrected chi connectivity index (χ3v) is 6.05. The molecule has 2 atom stereocenters. The summed E-state index contributed by atoms with van der Waals surface area (Å²) in [6.45, 7) is 5.69. The number of hydrogen-bond donors (Lipinski definition) is 1. The van der Waals surface area contributed by atoms with Gasteiger partial charge in [0.2, 0.25) is 0 Å². The van der Waals surface area contributed by atoms with E-state index >= 15 is 0 Å². The van der Waals surface area contributed by atoms with Crippen LogP contribution in [0, 0.1) is 5.92 Å². The molecule has 1 aliphatic rings. The first-order valence-corrected chi connectivity index (χ1v) is 11.4. The molecule has 1 aromatic carbocycles. The van der Waals surface area contributed by atoms with Gasteiger partial charge in [-0.1, -0.05) is 55.8 Å². The summed E-state index contributed by atoms with van der Waals surface area (Å²) in [6.07, 6.45) is 7.17. The number of nitrogens with zero attached hydrogens (tertiary/aromatic N) is 1. The molecule has 0 fully saturated rings. The van der Waals surface area contributed by atoms with Gasteiger partial charge in [-0.2, -0.15) is 0 Å². The first-order valence-electron chi connectivity index (χ1n) is 11.4. The lowest BCUT2D eigenvalue weighted by atomic mass is 9.81. The summed E-state index contributed by atoms with van der Waals surface area (Å²) < 4.78 is 11.6. The molecule has 5 nitrogen and oxygen atoms in total. The molecule has 1 aliphatic carbocycles. The topological polar surface area (TPSA) is 72.6 Å². The zero-order valence-electron chi connectivity index (χ0n) is 18.3. The maximum absolute atomic E-state index is 11.5. The van der Waals surface area contributed by atoms with Crippen LogP contribution in [0.5, 0.6) is 0 Å². The van der Waals surface area contributed by atoms with Crippen LogP contribution < -0.4 is 0 Å². The summed E-state index contributed by atoms with van der Waals surface area (Å²) in [6, 6.07) is 10.1. The van der Waals surface area contributed by atoms with Crippen molar-refractivity contribution in [3.63, 3.8) is 0 Å². The Morgan fingerprint density at radius 3 is 2.80 bits per heavy atom. The molecular weight excluding hydrogens is 378 g/mol. The molecular formula is C25H35NO4. The van der Waals surface area contributed by atoms with E-state index in [4.69, 9.17) is 9.26 Å². The minimum Gasteiger partial charge on any atom is -0.481 e. The van der Waals surface area contributed by atoms with E-state index in [0.29, 0.717) is 25.0 Å². The van der Waals surface area contributed by atoms with E-state index in [1.807, 2.05) is 30.3 Å². The number of benzene rings is 1. The summed E-state index contributed by atoms with van der Waals surface area (Å²) >= 11 is 0. The van der Waals surface area contributed by atoms with Gasteiger partial charge in [0, 0.05) is 24.0 Å². The second-order valence-electron chi connectivity index (χ2n) is 8.95. The largest absolute Gasteiger partial charge is 0.481 e. The minimum absolute atomic E-state index is 0.0916. The number of aliphatic carboxylic acids is 1. The number of rotatable bonds is 12. The van der Waals surface area contributed by atoms with E-state index in [-0.39, 0.29) is 12.3 Å². The molecule has 1 heterocycles. The number of hydrogen-bond acceptors (Lipinski definition) is 4. The van der Waals surface area contributed by atoms with Crippen LogP contribution in [-0.4, -0.2) is 22.8 Å².